The molecule has 0 radical (unpaired) electrons. The summed E-state index contributed by atoms with van der Waals surface area (Å²) in [7, 11) is -4.13. The highest BCUT2D eigenvalue weighted by molar-refractivity contribution is 7.92. The lowest BCUT2D eigenvalue weighted by atomic mass is 10.1. The summed E-state index contributed by atoms with van der Waals surface area (Å²) in [5.74, 6) is 0.797. The van der Waals surface area contributed by atoms with Crippen LogP contribution in [0.3, 0.4) is 0 Å². The van der Waals surface area contributed by atoms with Crippen molar-refractivity contribution in [3.63, 3.8) is 0 Å². The topological polar surface area (TPSA) is 124 Å². The number of ether oxygens (including phenoxy) is 1. The normalized spacial score (nSPS) is 11.4. The Bertz CT molecular complexity index is 1180. The Balaban J connectivity index is 1.76. The van der Waals surface area contributed by atoms with Gasteiger partial charge in [-0.05, 0) is 30.2 Å². The molecule has 3 rings (SSSR count). The Labute approximate surface area is 184 Å². The molecule has 0 saturated heterocycles. The first-order valence-corrected chi connectivity index (χ1v) is 11.1. The molecule has 31 heavy (non-hydrogen) atoms. The third-order valence-electron chi connectivity index (χ3n) is 4.05. The summed E-state index contributed by atoms with van der Waals surface area (Å²) in [5.41, 5.74) is 1.20. The maximum atomic E-state index is 12.6. The molecule has 0 unspecified atom stereocenters. The van der Waals surface area contributed by atoms with Crippen molar-refractivity contribution >= 4 is 33.0 Å². The number of hydrogen-bond donors (Lipinski definition) is 1. The summed E-state index contributed by atoms with van der Waals surface area (Å²) < 4.78 is 33.2. The maximum absolute atomic E-state index is 12.6. The fourth-order valence-electron chi connectivity index (χ4n) is 2.53. The van der Waals surface area contributed by atoms with Gasteiger partial charge in [0.2, 0.25) is 5.88 Å². The van der Waals surface area contributed by atoms with Crippen LogP contribution in [0.5, 0.6) is 5.88 Å². The van der Waals surface area contributed by atoms with E-state index in [1.165, 1.54) is 6.07 Å². The molecule has 9 nitrogen and oxygen atoms in total. The summed E-state index contributed by atoms with van der Waals surface area (Å²) >= 11 is 5.94. The van der Waals surface area contributed by atoms with E-state index >= 15 is 0 Å². The Morgan fingerprint density at radius 1 is 1.10 bits per heavy atom. The molecule has 0 aliphatic rings. The average Bonchev–Trinajstić information content (AvgIpc) is 2.73. The fourth-order valence-corrected chi connectivity index (χ4v) is 4.11. The zero-order chi connectivity index (χ0) is 22.6. The van der Waals surface area contributed by atoms with Crippen molar-refractivity contribution in [3.05, 3.63) is 69.7 Å². The zero-order valence-corrected chi connectivity index (χ0v) is 18.2. The minimum absolute atomic E-state index is 0.121. The number of rotatable bonds is 8. The van der Waals surface area contributed by atoms with Gasteiger partial charge in [-0.15, -0.1) is 10.2 Å². The van der Waals surface area contributed by atoms with Gasteiger partial charge in [0.25, 0.3) is 15.7 Å². The molecule has 1 aromatic heterocycles. The quantitative estimate of drug-likeness (QED) is 0.384. The molecule has 0 aliphatic heterocycles. The molecule has 162 valence electrons. The van der Waals surface area contributed by atoms with Crippen LogP contribution in [0.4, 0.5) is 11.4 Å². The van der Waals surface area contributed by atoms with Crippen molar-refractivity contribution in [1.82, 2.24) is 10.2 Å². The number of nitro benzene ring substituents is 1. The third kappa shape index (κ3) is 5.68. The molecule has 11 heteroatoms. The third-order valence-corrected chi connectivity index (χ3v) is 5.92. The Morgan fingerprint density at radius 3 is 2.39 bits per heavy atom. The number of sulfonamides is 1. The lowest BCUT2D eigenvalue weighted by Gasteiger charge is -2.10. The molecular formula is C20H19ClN4O5S. The average molecular weight is 463 g/mol. The second-order valence-electron chi connectivity index (χ2n) is 7.02. The SMILES string of the molecule is CC(C)COc1ccc(-c2ccc(NS(=O)(=O)c3cc([N+](=O)[O-])ccc3Cl)cc2)nn1. The number of aromatic nitrogens is 2. The van der Waals surface area contributed by atoms with Crippen LogP contribution in [0.15, 0.2) is 59.5 Å². The number of nitrogens with zero attached hydrogens (tertiary/aromatic N) is 3. The van der Waals surface area contributed by atoms with E-state index < -0.39 is 14.9 Å². The second-order valence-corrected chi connectivity index (χ2v) is 9.07. The fraction of sp³-hybridized carbons (Fsp3) is 0.200. The van der Waals surface area contributed by atoms with E-state index in [0.717, 1.165) is 17.7 Å². The van der Waals surface area contributed by atoms with Crippen LogP contribution in [-0.4, -0.2) is 30.1 Å². The Kier molecular flexibility index (Phi) is 6.71. The van der Waals surface area contributed by atoms with E-state index in [0.29, 0.717) is 24.1 Å². The van der Waals surface area contributed by atoms with Gasteiger partial charge < -0.3 is 4.74 Å². The van der Waals surface area contributed by atoms with Crippen LogP contribution in [-0.2, 0) is 10.0 Å². The molecule has 1 heterocycles. The molecule has 0 bridgehead atoms. The van der Waals surface area contributed by atoms with Gasteiger partial charge in [0.1, 0.15) is 4.90 Å². The van der Waals surface area contributed by atoms with Crippen LogP contribution < -0.4 is 9.46 Å². The summed E-state index contributed by atoms with van der Waals surface area (Å²) in [6.45, 7) is 4.60. The van der Waals surface area contributed by atoms with Gasteiger partial charge in [-0.1, -0.05) is 37.6 Å². The van der Waals surface area contributed by atoms with Gasteiger partial charge >= 0.3 is 0 Å². The second kappa shape index (κ2) is 9.27. The van der Waals surface area contributed by atoms with Crippen molar-refractivity contribution in [2.24, 2.45) is 5.92 Å². The Hall–Kier alpha value is -3.24. The molecule has 0 spiro atoms. The number of benzene rings is 2. The lowest BCUT2D eigenvalue weighted by molar-refractivity contribution is -0.385. The zero-order valence-electron chi connectivity index (χ0n) is 16.6. The summed E-state index contributed by atoms with van der Waals surface area (Å²) in [6.07, 6.45) is 0. The van der Waals surface area contributed by atoms with E-state index in [4.69, 9.17) is 16.3 Å². The van der Waals surface area contributed by atoms with Gasteiger partial charge in [-0.2, -0.15) is 0 Å². The van der Waals surface area contributed by atoms with E-state index in [-0.39, 0.29) is 21.3 Å². The monoisotopic (exact) mass is 462 g/mol. The van der Waals surface area contributed by atoms with E-state index in [1.54, 1.807) is 36.4 Å². The van der Waals surface area contributed by atoms with Crippen molar-refractivity contribution in [3.8, 4) is 17.1 Å². The van der Waals surface area contributed by atoms with Crippen LogP contribution in [0.25, 0.3) is 11.3 Å². The molecule has 3 aromatic rings. The molecule has 0 fully saturated rings. The van der Waals surface area contributed by atoms with Gasteiger partial charge in [0.05, 0.1) is 22.2 Å². The molecule has 1 N–H and O–H groups in total. The standard InChI is InChI=1S/C20H19ClN4O5S/c1-13(2)12-30-20-10-9-18(22-23-20)14-3-5-15(6-4-14)24-31(28,29)19-11-16(25(26)27)7-8-17(19)21/h3-11,13,24H,12H2,1-2H3. The predicted molar refractivity (Wildman–Crippen MR) is 117 cm³/mol. The largest absolute Gasteiger partial charge is 0.476 e. The van der Waals surface area contributed by atoms with Crippen molar-refractivity contribution in [1.29, 1.82) is 0 Å². The Morgan fingerprint density at radius 2 is 1.81 bits per heavy atom. The number of nitrogens with one attached hydrogen (secondary N) is 1. The number of nitro groups is 1. The molecule has 0 amide bonds. The van der Waals surface area contributed by atoms with Crippen LogP contribution in [0, 0.1) is 16.0 Å². The van der Waals surface area contributed by atoms with Crippen LogP contribution >= 0.6 is 11.6 Å². The number of non-ortho nitro benzene ring substituents is 1. The van der Waals surface area contributed by atoms with Gasteiger partial charge in [-0.25, -0.2) is 8.42 Å². The minimum Gasteiger partial charge on any atom is -0.476 e. The number of anilines is 1. The molecule has 0 aliphatic carbocycles. The minimum atomic E-state index is -4.13. The predicted octanol–water partition coefficient (Wildman–Crippen LogP) is 4.54. The van der Waals surface area contributed by atoms with E-state index in [9.17, 15) is 18.5 Å². The highest BCUT2D eigenvalue weighted by Gasteiger charge is 2.22. The summed E-state index contributed by atoms with van der Waals surface area (Å²) in [6, 6.07) is 13.1. The molecule has 0 saturated carbocycles. The number of hydrogen-bond acceptors (Lipinski definition) is 7. The van der Waals surface area contributed by atoms with Crippen molar-refractivity contribution in [2.45, 2.75) is 18.7 Å². The lowest BCUT2D eigenvalue weighted by Crippen LogP contribution is -2.13. The van der Waals surface area contributed by atoms with Gasteiger partial charge in [0, 0.05) is 29.4 Å². The maximum Gasteiger partial charge on any atom is 0.270 e. The summed E-state index contributed by atoms with van der Waals surface area (Å²) in [5, 5.41) is 19.0. The molecule has 2 aromatic carbocycles. The molecule has 0 atom stereocenters. The van der Waals surface area contributed by atoms with E-state index in [2.05, 4.69) is 14.9 Å². The number of halogens is 1. The van der Waals surface area contributed by atoms with Crippen LogP contribution in [0.1, 0.15) is 13.8 Å². The highest BCUT2D eigenvalue weighted by atomic mass is 35.5. The first-order valence-electron chi connectivity index (χ1n) is 9.19. The highest BCUT2D eigenvalue weighted by Crippen LogP contribution is 2.28. The van der Waals surface area contributed by atoms with Crippen LogP contribution in [0.2, 0.25) is 5.02 Å². The van der Waals surface area contributed by atoms with Gasteiger partial charge in [-0.3, -0.25) is 14.8 Å². The first-order chi connectivity index (χ1) is 14.7. The first kappa shape index (κ1) is 22.4. The summed E-state index contributed by atoms with van der Waals surface area (Å²) in [4.78, 5) is 9.87. The molecular weight excluding hydrogens is 444 g/mol. The van der Waals surface area contributed by atoms with Gasteiger partial charge in [0.15, 0.2) is 0 Å². The van der Waals surface area contributed by atoms with Crippen molar-refractivity contribution < 1.29 is 18.1 Å². The van der Waals surface area contributed by atoms with E-state index in [1.807, 2.05) is 13.8 Å². The van der Waals surface area contributed by atoms with Crippen molar-refractivity contribution in [2.75, 3.05) is 11.3 Å². The smallest absolute Gasteiger partial charge is 0.270 e.